The van der Waals surface area contributed by atoms with Crippen LogP contribution in [0.3, 0.4) is 0 Å². The minimum atomic E-state index is -0.535. The molecule has 0 atom stereocenters. The number of benzene rings is 3. The highest BCUT2D eigenvalue weighted by Gasteiger charge is 2.25. The number of hydrogen-bond acceptors (Lipinski definition) is 5. The van der Waals surface area contributed by atoms with E-state index in [2.05, 4.69) is 4.99 Å². The highest BCUT2D eigenvalue weighted by Crippen LogP contribution is 2.31. The van der Waals surface area contributed by atoms with Gasteiger partial charge < -0.3 is 14.2 Å². The Morgan fingerprint density at radius 2 is 1.77 bits per heavy atom. The van der Waals surface area contributed by atoms with Crippen LogP contribution in [0.15, 0.2) is 83.5 Å². The van der Waals surface area contributed by atoms with Gasteiger partial charge in [0.05, 0.1) is 17.7 Å². The largest absolute Gasteiger partial charge is 0.493 e. The first-order chi connectivity index (χ1) is 14.6. The van der Waals surface area contributed by atoms with Gasteiger partial charge in [-0.25, -0.2) is 9.79 Å². The Morgan fingerprint density at radius 3 is 2.53 bits per heavy atom. The van der Waals surface area contributed by atoms with E-state index in [4.69, 9.17) is 25.8 Å². The van der Waals surface area contributed by atoms with Crippen molar-refractivity contribution in [3.05, 3.63) is 100 Å². The van der Waals surface area contributed by atoms with Crippen molar-refractivity contribution in [1.82, 2.24) is 0 Å². The second-order valence-electron chi connectivity index (χ2n) is 6.50. The summed E-state index contributed by atoms with van der Waals surface area (Å²) in [6.45, 7) is 0.397. The van der Waals surface area contributed by atoms with Gasteiger partial charge in [0.2, 0.25) is 5.90 Å². The van der Waals surface area contributed by atoms with Crippen molar-refractivity contribution < 1.29 is 19.0 Å². The van der Waals surface area contributed by atoms with E-state index in [1.807, 2.05) is 36.4 Å². The Kier molecular flexibility index (Phi) is 5.82. The Bertz CT molecular complexity index is 1140. The first-order valence-electron chi connectivity index (χ1n) is 9.26. The van der Waals surface area contributed by atoms with Crippen LogP contribution in [0.4, 0.5) is 0 Å². The molecular weight excluding hydrogens is 402 g/mol. The molecule has 0 aromatic heterocycles. The minimum Gasteiger partial charge on any atom is -0.493 e. The van der Waals surface area contributed by atoms with Crippen LogP contribution in [0.2, 0.25) is 5.02 Å². The van der Waals surface area contributed by atoms with Crippen LogP contribution >= 0.6 is 11.6 Å². The van der Waals surface area contributed by atoms with Gasteiger partial charge in [-0.3, -0.25) is 0 Å². The average Bonchev–Trinajstić information content (AvgIpc) is 3.13. The van der Waals surface area contributed by atoms with Gasteiger partial charge in [-0.05, 0) is 41.5 Å². The van der Waals surface area contributed by atoms with Crippen molar-refractivity contribution in [3.8, 4) is 11.5 Å². The fourth-order valence-corrected chi connectivity index (χ4v) is 3.16. The zero-order valence-electron chi connectivity index (χ0n) is 16.2. The highest BCUT2D eigenvalue weighted by atomic mass is 35.5. The molecule has 0 N–H and O–H groups in total. The number of halogens is 1. The number of rotatable bonds is 6. The van der Waals surface area contributed by atoms with Gasteiger partial charge in [0.15, 0.2) is 17.2 Å². The van der Waals surface area contributed by atoms with Crippen molar-refractivity contribution in [2.45, 2.75) is 6.61 Å². The molecule has 1 heterocycles. The molecule has 0 unspecified atom stereocenters. The lowest BCUT2D eigenvalue weighted by Gasteiger charge is -2.11. The van der Waals surface area contributed by atoms with E-state index < -0.39 is 5.97 Å². The van der Waals surface area contributed by atoms with Gasteiger partial charge in [0, 0.05) is 0 Å². The fraction of sp³-hybridized carbons (Fsp3) is 0.0833. The molecule has 0 bridgehead atoms. The van der Waals surface area contributed by atoms with Crippen LogP contribution in [-0.2, 0) is 16.1 Å². The fourth-order valence-electron chi connectivity index (χ4n) is 2.95. The third-order valence-corrected chi connectivity index (χ3v) is 4.78. The molecule has 0 saturated carbocycles. The summed E-state index contributed by atoms with van der Waals surface area (Å²) in [4.78, 5) is 16.6. The summed E-state index contributed by atoms with van der Waals surface area (Å²) in [7, 11) is 1.58. The lowest BCUT2D eigenvalue weighted by Crippen LogP contribution is -2.05. The second-order valence-corrected chi connectivity index (χ2v) is 6.91. The smallest absolute Gasteiger partial charge is 0.363 e. The average molecular weight is 420 g/mol. The van der Waals surface area contributed by atoms with Gasteiger partial charge >= 0.3 is 5.97 Å². The number of cyclic esters (lactones) is 1. The summed E-state index contributed by atoms with van der Waals surface area (Å²) in [6.07, 6.45) is 1.64. The Balaban J connectivity index is 1.60. The molecule has 1 aliphatic rings. The van der Waals surface area contributed by atoms with E-state index in [9.17, 15) is 4.79 Å². The molecule has 4 rings (SSSR count). The van der Waals surface area contributed by atoms with Gasteiger partial charge in [-0.15, -0.1) is 0 Å². The number of hydrogen-bond donors (Lipinski definition) is 0. The molecule has 1 aliphatic heterocycles. The molecule has 3 aromatic carbocycles. The lowest BCUT2D eigenvalue weighted by molar-refractivity contribution is -0.129. The SMILES string of the molecule is COc1ccc(/C=C2\N=C(c3ccccc3Cl)OC2=O)cc1OCc1ccccc1. The molecule has 6 heteroatoms. The summed E-state index contributed by atoms with van der Waals surface area (Å²) in [6, 6.07) is 22.3. The van der Waals surface area contributed by atoms with Crippen LogP contribution in [0.1, 0.15) is 16.7 Å². The number of esters is 1. The zero-order valence-corrected chi connectivity index (χ0v) is 16.9. The minimum absolute atomic E-state index is 0.184. The maximum atomic E-state index is 12.3. The first kappa shape index (κ1) is 19.7. The van der Waals surface area contributed by atoms with Crippen molar-refractivity contribution >= 4 is 29.5 Å². The summed E-state index contributed by atoms with van der Waals surface area (Å²) >= 11 is 6.18. The maximum absolute atomic E-state index is 12.3. The van der Waals surface area contributed by atoms with E-state index >= 15 is 0 Å². The van der Waals surface area contributed by atoms with Crippen LogP contribution < -0.4 is 9.47 Å². The van der Waals surface area contributed by atoms with E-state index in [-0.39, 0.29) is 11.6 Å². The zero-order chi connectivity index (χ0) is 20.9. The topological polar surface area (TPSA) is 57.1 Å². The summed E-state index contributed by atoms with van der Waals surface area (Å²) < 4.78 is 16.6. The van der Waals surface area contributed by atoms with Crippen molar-refractivity contribution in [1.29, 1.82) is 0 Å². The standard InChI is InChI=1S/C24H18ClNO4/c1-28-21-12-11-17(14-22(21)29-15-16-7-3-2-4-8-16)13-20-24(27)30-23(26-20)18-9-5-6-10-19(18)25/h2-14H,15H2,1H3/b20-13-. The van der Waals surface area contributed by atoms with E-state index in [0.29, 0.717) is 28.7 Å². The number of carbonyl (C=O) groups excluding carboxylic acids is 1. The maximum Gasteiger partial charge on any atom is 0.363 e. The van der Waals surface area contributed by atoms with E-state index in [1.54, 1.807) is 49.6 Å². The van der Waals surface area contributed by atoms with Gasteiger partial charge in [0.1, 0.15) is 6.61 Å². The van der Waals surface area contributed by atoms with E-state index in [1.165, 1.54) is 0 Å². The second kappa shape index (κ2) is 8.84. The first-order valence-corrected chi connectivity index (χ1v) is 9.64. The summed E-state index contributed by atoms with van der Waals surface area (Å²) in [5.41, 5.74) is 2.52. The number of aliphatic imine (C=N–C) groups is 1. The molecule has 0 amide bonds. The van der Waals surface area contributed by atoms with Gasteiger partial charge in [-0.2, -0.15) is 0 Å². The summed E-state index contributed by atoms with van der Waals surface area (Å²) in [5, 5.41) is 0.464. The summed E-state index contributed by atoms with van der Waals surface area (Å²) in [5.74, 6) is 0.818. The van der Waals surface area contributed by atoms with Gasteiger partial charge in [-0.1, -0.05) is 60.1 Å². The lowest BCUT2D eigenvalue weighted by atomic mass is 10.1. The molecular formula is C24H18ClNO4. The quantitative estimate of drug-likeness (QED) is 0.403. The number of nitrogens with zero attached hydrogens (tertiary/aromatic N) is 1. The molecule has 0 aliphatic carbocycles. The predicted molar refractivity (Wildman–Crippen MR) is 116 cm³/mol. The molecule has 3 aromatic rings. The predicted octanol–water partition coefficient (Wildman–Crippen LogP) is 5.27. The molecule has 0 spiro atoms. The number of methoxy groups -OCH3 is 1. The van der Waals surface area contributed by atoms with Gasteiger partial charge in [0.25, 0.3) is 0 Å². The van der Waals surface area contributed by atoms with Crippen molar-refractivity contribution in [2.24, 2.45) is 4.99 Å². The molecule has 0 saturated heterocycles. The Labute approximate surface area is 179 Å². The Hall–Kier alpha value is -3.57. The van der Waals surface area contributed by atoms with Crippen LogP contribution in [0.5, 0.6) is 11.5 Å². The van der Waals surface area contributed by atoms with Crippen LogP contribution in [0.25, 0.3) is 6.08 Å². The van der Waals surface area contributed by atoms with Crippen molar-refractivity contribution in [3.63, 3.8) is 0 Å². The molecule has 30 heavy (non-hydrogen) atoms. The molecule has 150 valence electrons. The highest BCUT2D eigenvalue weighted by molar-refractivity contribution is 6.34. The molecule has 5 nitrogen and oxygen atoms in total. The van der Waals surface area contributed by atoms with Crippen molar-refractivity contribution in [2.75, 3.05) is 7.11 Å². The Morgan fingerprint density at radius 1 is 1.00 bits per heavy atom. The normalized spacial score (nSPS) is 14.4. The molecule has 0 radical (unpaired) electrons. The monoisotopic (exact) mass is 419 g/mol. The van der Waals surface area contributed by atoms with E-state index in [0.717, 1.165) is 11.1 Å². The third kappa shape index (κ3) is 4.36. The molecule has 0 fully saturated rings. The third-order valence-electron chi connectivity index (χ3n) is 4.45. The number of ether oxygens (including phenoxy) is 3. The number of carbonyl (C=O) groups is 1. The van der Waals surface area contributed by atoms with Crippen LogP contribution in [-0.4, -0.2) is 19.0 Å². The van der Waals surface area contributed by atoms with Crippen LogP contribution in [0, 0.1) is 0 Å².